The number of anilines is 1. The third-order valence-corrected chi connectivity index (χ3v) is 3.00. The first-order chi connectivity index (χ1) is 8.97. The average Bonchev–Trinajstić information content (AvgIpc) is 2.36. The van der Waals surface area contributed by atoms with Gasteiger partial charge in [0.25, 0.3) is 0 Å². The molecule has 19 heavy (non-hydrogen) atoms. The van der Waals surface area contributed by atoms with E-state index in [-0.39, 0.29) is 17.5 Å². The SMILES string of the molecule is Cc1ccc(C(C)Nc2ccc(F)cc2F)cc1F. The van der Waals surface area contributed by atoms with E-state index < -0.39 is 11.6 Å². The van der Waals surface area contributed by atoms with Gasteiger partial charge in [-0.2, -0.15) is 0 Å². The van der Waals surface area contributed by atoms with Gasteiger partial charge in [-0.3, -0.25) is 0 Å². The Bertz CT molecular complexity index is 596. The maximum absolute atomic E-state index is 13.5. The fourth-order valence-electron chi connectivity index (χ4n) is 1.80. The summed E-state index contributed by atoms with van der Waals surface area (Å²) >= 11 is 0. The fourth-order valence-corrected chi connectivity index (χ4v) is 1.80. The van der Waals surface area contributed by atoms with E-state index in [0.29, 0.717) is 11.1 Å². The third-order valence-electron chi connectivity index (χ3n) is 3.00. The Morgan fingerprint density at radius 3 is 2.32 bits per heavy atom. The second kappa shape index (κ2) is 5.34. The highest BCUT2D eigenvalue weighted by molar-refractivity contribution is 5.47. The van der Waals surface area contributed by atoms with Crippen LogP contribution in [0, 0.1) is 24.4 Å². The summed E-state index contributed by atoms with van der Waals surface area (Å²) in [6.07, 6.45) is 0. The fraction of sp³-hybridized carbons (Fsp3) is 0.200. The Morgan fingerprint density at radius 2 is 1.68 bits per heavy atom. The number of hydrogen-bond donors (Lipinski definition) is 1. The smallest absolute Gasteiger partial charge is 0.149 e. The van der Waals surface area contributed by atoms with E-state index >= 15 is 0 Å². The summed E-state index contributed by atoms with van der Waals surface area (Å²) in [5, 5.41) is 2.89. The molecule has 0 bridgehead atoms. The Kier molecular flexibility index (Phi) is 3.79. The highest BCUT2D eigenvalue weighted by Crippen LogP contribution is 2.23. The number of aryl methyl sites for hydroxylation is 1. The topological polar surface area (TPSA) is 12.0 Å². The van der Waals surface area contributed by atoms with Crippen molar-refractivity contribution >= 4 is 5.69 Å². The maximum atomic E-state index is 13.5. The first-order valence-corrected chi connectivity index (χ1v) is 5.95. The van der Waals surface area contributed by atoms with Gasteiger partial charge >= 0.3 is 0 Å². The molecule has 1 N–H and O–H groups in total. The highest BCUT2D eigenvalue weighted by atomic mass is 19.1. The second-order valence-electron chi connectivity index (χ2n) is 4.50. The predicted molar refractivity (Wildman–Crippen MR) is 69.5 cm³/mol. The van der Waals surface area contributed by atoms with Crippen LogP contribution in [0.5, 0.6) is 0 Å². The lowest BCUT2D eigenvalue weighted by Gasteiger charge is -2.16. The highest BCUT2D eigenvalue weighted by Gasteiger charge is 2.10. The minimum atomic E-state index is -0.667. The summed E-state index contributed by atoms with van der Waals surface area (Å²) in [6, 6.07) is 7.88. The minimum absolute atomic E-state index is 0.190. The molecule has 0 spiro atoms. The van der Waals surface area contributed by atoms with Crippen LogP contribution in [-0.2, 0) is 0 Å². The molecule has 0 aliphatic carbocycles. The first-order valence-electron chi connectivity index (χ1n) is 5.95. The first kappa shape index (κ1) is 13.5. The molecule has 0 heterocycles. The van der Waals surface area contributed by atoms with Crippen molar-refractivity contribution in [3.8, 4) is 0 Å². The van der Waals surface area contributed by atoms with Crippen molar-refractivity contribution in [3.05, 3.63) is 65.0 Å². The third kappa shape index (κ3) is 3.08. The normalized spacial score (nSPS) is 12.3. The Balaban J connectivity index is 2.20. The Labute approximate surface area is 110 Å². The largest absolute Gasteiger partial charge is 0.376 e. The summed E-state index contributed by atoms with van der Waals surface area (Å²) in [5.74, 6) is -1.60. The van der Waals surface area contributed by atoms with Gasteiger partial charge in [-0.25, -0.2) is 13.2 Å². The van der Waals surface area contributed by atoms with Crippen molar-refractivity contribution in [1.29, 1.82) is 0 Å². The summed E-state index contributed by atoms with van der Waals surface area (Å²) in [5.41, 5.74) is 1.45. The van der Waals surface area contributed by atoms with Gasteiger partial charge in [0.05, 0.1) is 5.69 Å². The van der Waals surface area contributed by atoms with Crippen molar-refractivity contribution in [2.24, 2.45) is 0 Å². The zero-order valence-electron chi connectivity index (χ0n) is 10.7. The van der Waals surface area contributed by atoms with Gasteiger partial charge in [0, 0.05) is 12.1 Å². The van der Waals surface area contributed by atoms with Gasteiger partial charge in [-0.05, 0) is 43.2 Å². The lowest BCUT2D eigenvalue weighted by Crippen LogP contribution is -2.08. The van der Waals surface area contributed by atoms with Crippen LogP contribution in [0.3, 0.4) is 0 Å². The summed E-state index contributed by atoms with van der Waals surface area (Å²) < 4.78 is 39.7. The molecule has 100 valence electrons. The molecular formula is C15H14F3N. The maximum Gasteiger partial charge on any atom is 0.149 e. The van der Waals surface area contributed by atoms with Crippen molar-refractivity contribution in [3.63, 3.8) is 0 Å². The van der Waals surface area contributed by atoms with Gasteiger partial charge in [-0.15, -0.1) is 0 Å². The molecule has 0 amide bonds. The zero-order chi connectivity index (χ0) is 14.0. The molecule has 2 aromatic carbocycles. The average molecular weight is 265 g/mol. The van der Waals surface area contributed by atoms with Gasteiger partial charge in [0.15, 0.2) is 0 Å². The van der Waals surface area contributed by atoms with Crippen LogP contribution in [0.2, 0.25) is 0 Å². The molecule has 0 aliphatic heterocycles. The number of benzene rings is 2. The van der Waals surface area contributed by atoms with E-state index in [9.17, 15) is 13.2 Å². The Morgan fingerprint density at radius 1 is 0.947 bits per heavy atom. The van der Waals surface area contributed by atoms with Gasteiger partial charge in [0.2, 0.25) is 0 Å². The molecular weight excluding hydrogens is 251 g/mol. The molecule has 2 aromatic rings. The number of nitrogens with one attached hydrogen (secondary N) is 1. The van der Waals surface area contributed by atoms with E-state index in [1.807, 2.05) is 0 Å². The zero-order valence-corrected chi connectivity index (χ0v) is 10.7. The predicted octanol–water partition coefficient (Wildman–Crippen LogP) is 4.59. The number of halogens is 3. The summed E-state index contributed by atoms with van der Waals surface area (Å²) in [7, 11) is 0. The monoisotopic (exact) mass is 265 g/mol. The van der Waals surface area contributed by atoms with E-state index in [1.165, 1.54) is 18.2 Å². The minimum Gasteiger partial charge on any atom is -0.376 e. The molecule has 0 saturated carbocycles. The van der Waals surface area contributed by atoms with Crippen LogP contribution in [-0.4, -0.2) is 0 Å². The molecule has 0 fully saturated rings. The molecule has 2 rings (SSSR count). The van der Waals surface area contributed by atoms with Crippen LogP contribution < -0.4 is 5.32 Å². The van der Waals surface area contributed by atoms with Crippen molar-refractivity contribution in [1.82, 2.24) is 0 Å². The van der Waals surface area contributed by atoms with Crippen molar-refractivity contribution in [2.45, 2.75) is 19.9 Å². The molecule has 0 radical (unpaired) electrons. The molecule has 1 nitrogen and oxygen atoms in total. The van der Waals surface area contributed by atoms with Gasteiger partial charge < -0.3 is 5.32 Å². The molecule has 0 saturated heterocycles. The lowest BCUT2D eigenvalue weighted by molar-refractivity contribution is 0.583. The van der Waals surface area contributed by atoms with E-state index in [4.69, 9.17) is 0 Å². The molecule has 0 aliphatic rings. The number of hydrogen-bond acceptors (Lipinski definition) is 1. The molecule has 0 aromatic heterocycles. The number of rotatable bonds is 3. The van der Waals surface area contributed by atoms with Crippen molar-refractivity contribution < 1.29 is 13.2 Å². The van der Waals surface area contributed by atoms with E-state index in [1.54, 1.807) is 26.0 Å². The standard InChI is InChI=1S/C15H14F3N/c1-9-3-4-11(7-13(9)17)10(2)19-15-6-5-12(16)8-14(15)18/h3-8,10,19H,1-2H3. The lowest BCUT2D eigenvalue weighted by atomic mass is 10.1. The molecule has 1 unspecified atom stereocenters. The van der Waals surface area contributed by atoms with E-state index in [0.717, 1.165) is 6.07 Å². The Hall–Kier alpha value is -1.97. The van der Waals surface area contributed by atoms with Gasteiger partial charge in [0.1, 0.15) is 17.5 Å². The van der Waals surface area contributed by atoms with Crippen LogP contribution in [0.15, 0.2) is 36.4 Å². The van der Waals surface area contributed by atoms with Crippen LogP contribution >= 0.6 is 0 Å². The summed E-state index contributed by atoms with van der Waals surface area (Å²) in [4.78, 5) is 0. The molecule has 4 heteroatoms. The van der Waals surface area contributed by atoms with Crippen LogP contribution in [0.25, 0.3) is 0 Å². The summed E-state index contributed by atoms with van der Waals surface area (Å²) in [6.45, 7) is 3.46. The molecule has 1 atom stereocenters. The van der Waals surface area contributed by atoms with E-state index in [2.05, 4.69) is 5.32 Å². The quantitative estimate of drug-likeness (QED) is 0.856. The van der Waals surface area contributed by atoms with Gasteiger partial charge in [-0.1, -0.05) is 12.1 Å². The van der Waals surface area contributed by atoms with Crippen LogP contribution in [0.1, 0.15) is 24.1 Å². The van der Waals surface area contributed by atoms with Crippen LogP contribution in [0.4, 0.5) is 18.9 Å². The van der Waals surface area contributed by atoms with Crippen molar-refractivity contribution in [2.75, 3.05) is 5.32 Å². The second-order valence-corrected chi connectivity index (χ2v) is 4.50.